The zero-order chi connectivity index (χ0) is 33.5. The van der Waals surface area contributed by atoms with E-state index >= 15 is 0 Å². The first-order valence-corrected chi connectivity index (χ1v) is 23.9. The van der Waals surface area contributed by atoms with E-state index in [0.717, 1.165) is 18.8 Å². The van der Waals surface area contributed by atoms with Gasteiger partial charge in [0.05, 0.1) is 12.2 Å². The van der Waals surface area contributed by atoms with E-state index in [1.807, 2.05) is 0 Å². The zero-order valence-electron chi connectivity index (χ0n) is 31.8. The molecule has 4 heteroatoms. The second-order valence-electron chi connectivity index (χ2n) is 18.7. The third-order valence-electron chi connectivity index (χ3n) is 13.2. The van der Waals surface area contributed by atoms with Crippen molar-refractivity contribution >= 4 is 16.6 Å². The van der Waals surface area contributed by atoms with Crippen molar-refractivity contribution in [2.75, 3.05) is 0 Å². The van der Waals surface area contributed by atoms with Gasteiger partial charge < -0.3 is 8.85 Å². The van der Waals surface area contributed by atoms with E-state index in [1.165, 1.54) is 43.3 Å². The summed E-state index contributed by atoms with van der Waals surface area (Å²) in [6, 6.07) is 0. The van der Waals surface area contributed by atoms with Crippen molar-refractivity contribution in [3.05, 3.63) is 47.6 Å². The van der Waals surface area contributed by atoms with Gasteiger partial charge in [-0.3, -0.25) is 0 Å². The molecule has 0 aliphatic heterocycles. The van der Waals surface area contributed by atoms with Crippen LogP contribution in [0.25, 0.3) is 0 Å². The van der Waals surface area contributed by atoms with Crippen LogP contribution in [0.5, 0.6) is 0 Å². The number of hydrogen-bond acceptors (Lipinski definition) is 2. The normalized spacial score (nSPS) is 32.6. The Kier molecular flexibility index (Phi) is 11.9. The molecule has 3 aliphatic rings. The molecule has 3 aliphatic carbocycles. The summed E-state index contributed by atoms with van der Waals surface area (Å²) in [5.74, 6) is 3.47. The van der Waals surface area contributed by atoms with E-state index in [-0.39, 0.29) is 22.3 Å². The van der Waals surface area contributed by atoms with Crippen LogP contribution in [-0.2, 0) is 8.85 Å². The van der Waals surface area contributed by atoms with Crippen LogP contribution < -0.4 is 0 Å². The lowest BCUT2D eigenvalue weighted by molar-refractivity contribution is 0.0969. The Labute approximate surface area is 276 Å². The Bertz CT molecular complexity index is 1100. The van der Waals surface area contributed by atoms with E-state index in [4.69, 9.17) is 15.4 Å². The molecule has 44 heavy (non-hydrogen) atoms. The highest BCUT2D eigenvalue weighted by atomic mass is 28.4. The van der Waals surface area contributed by atoms with Gasteiger partial charge in [0, 0.05) is 6.42 Å². The summed E-state index contributed by atoms with van der Waals surface area (Å²) < 4.78 is 14.2. The summed E-state index contributed by atoms with van der Waals surface area (Å²) in [5, 5.41) is 0.352. The molecule has 0 bridgehead atoms. The molecule has 0 unspecified atom stereocenters. The van der Waals surface area contributed by atoms with Gasteiger partial charge in [-0.15, -0.1) is 0 Å². The van der Waals surface area contributed by atoms with Crippen molar-refractivity contribution < 1.29 is 8.85 Å². The minimum Gasteiger partial charge on any atom is -0.413 e. The van der Waals surface area contributed by atoms with Gasteiger partial charge >= 0.3 is 0 Å². The molecule has 3 fully saturated rings. The van der Waals surface area contributed by atoms with Crippen LogP contribution in [0.3, 0.4) is 0 Å². The molecule has 0 N–H and O–H groups in total. The summed E-state index contributed by atoms with van der Waals surface area (Å²) in [4.78, 5) is 0. The van der Waals surface area contributed by atoms with Crippen molar-refractivity contribution in [3.63, 3.8) is 0 Å². The molecular weight excluding hydrogens is 569 g/mol. The monoisotopic (exact) mass is 641 g/mol. The topological polar surface area (TPSA) is 18.5 Å². The average Bonchev–Trinajstić information content (AvgIpc) is 3.23. The van der Waals surface area contributed by atoms with Crippen LogP contribution >= 0.6 is 0 Å². The predicted octanol–water partition coefficient (Wildman–Crippen LogP) is 12.7. The molecule has 3 saturated carbocycles. The Morgan fingerprint density at radius 2 is 1.45 bits per heavy atom. The Morgan fingerprint density at radius 1 is 0.864 bits per heavy atom. The minimum atomic E-state index is -1.96. The smallest absolute Gasteiger partial charge is 0.192 e. The molecule has 0 spiro atoms. The third kappa shape index (κ3) is 8.42. The zero-order valence-corrected chi connectivity index (χ0v) is 33.8. The second kappa shape index (κ2) is 13.8. The van der Waals surface area contributed by atoms with Gasteiger partial charge in [-0.2, -0.15) is 0 Å². The maximum Gasteiger partial charge on any atom is 0.192 e. The van der Waals surface area contributed by atoms with Crippen molar-refractivity contribution in [2.45, 2.75) is 170 Å². The Hall–Kier alpha value is -0.686. The maximum atomic E-state index is 7.09. The summed E-state index contributed by atoms with van der Waals surface area (Å²) in [7, 11) is -3.88. The van der Waals surface area contributed by atoms with Gasteiger partial charge in [-0.25, -0.2) is 0 Å². The highest BCUT2D eigenvalue weighted by molar-refractivity contribution is 6.74. The summed E-state index contributed by atoms with van der Waals surface area (Å²) >= 11 is 0. The molecule has 0 saturated heterocycles. The van der Waals surface area contributed by atoms with E-state index in [9.17, 15) is 0 Å². The summed E-state index contributed by atoms with van der Waals surface area (Å²) in [6.45, 7) is 40.5. The average molecular weight is 641 g/mol. The van der Waals surface area contributed by atoms with Crippen molar-refractivity contribution in [1.29, 1.82) is 0 Å². The molecule has 0 aromatic rings. The molecule has 7 atom stereocenters. The van der Waals surface area contributed by atoms with Gasteiger partial charge in [0.2, 0.25) is 0 Å². The van der Waals surface area contributed by atoms with Gasteiger partial charge in [-0.1, -0.05) is 113 Å². The fourth-order valence-corrected chi connectivity index (χ4v) is 10.3. The quantitative estimate of drug-likeness (QED) is 0.184. The van der Waals surface area contributed by atoms with E-state index in [2.05, 4.69) is 127 Å². The fraction of sp³-hybridized carbons (Fsp3) is 0.800. The number of rotatable bonds is 9. The first kappa shape index (κ1) is 37.8. The standard InChI is InChI=1S/C40H72O2Si2/c1-28(2)29(3)19-20-30(4)35-23-24-36-32(18-17-25-40(35,36)12)21-22-33-26-34(41-43(13,14)38(6,7)8)27-37(31(33)5)42-44(15,16)39(9,10)11/h19-22,28-30,34-37H,5,17-18,23-27H2,1-4,6-16H3/b20-19+,32-21+,33-22-/t29-,30+,34+,35+,36-,37+,40+/m0/s1. The molecule has 252 valence electrons. The first-order valence-electron chi connectivity index (χ1n) is 18.1. The number of fused-ring (bicyclic) bond motifs is 1. The lowest BCUT2D eigenvalue weighted by Crippen LogP contribution is -2.49. The van der Waals surface area contributed by atoms with Gasteiger partial charge in [0.25, 0.3) is 0 Å². The largest absolute Gasteiger partial charge is 0.413 e. The van der Waals surface area contributed by atoms with E-state index in [1.54, 1.807) is 5.57 Å². The lowest BCUT2D eigenvalue weighted by atomic mass is 9.61. The molecular formula is C40H72O2Si2. The van der Waals surface area contributed by atoms with Crippen LogP contribution in [0.4, 0.5) is 0 Å². The Balaban J connectivity index is 1.90. The number of hydrogen-bond donors (Lipinski definition) is 0. The molecule has 0 amide bonds. The second-order valence-corrected chi connectivity index (χ2v) is 28.2. The molecule has 3 rings (SSSR count). The van der Waals surface area contributed by atoms with Crippen LogP contribution in [-0.4, -0.2) is 28.8 Å². The highest BCUT2D eigenvalue weighted by Crippen LogP contribution is 2.59. The van der Waals surface area contributed by atoms with Gasteiger partial charge in [0.1, 0.15) is 0 Å². The number of allylic oxidation sites excluding steroid dienone is 5. The summed E-state index contributed by atoms with van der Waals surface area (Å²) in [5.41, 5.74) is 4.64. The predicted molar refractivity (Wildman–Crippen MR) is 199 cm³/mol. The Morgan fingerprint density at radius 3 is 2.02 bits per heavy atom. The molecule has 2 nitrogen and oxygen atoms in total. The van der Waals surface area contributed by atoms with Gasteiger partial charge in [0.15, 0.2) is 16.6 Å². The van der Waals surface area contributed by atoms with Crippen molar-refractivity contribution in [1.82, 2.24) is 0 Å². The third-order valence-corrected chi connectivity index (χ3v) is 22.2. The summed E-state index contributed by atoms with van der Waals surface area (Å²) in [6.07, 6.45) is 18.8. The van der Waals surface area contributed by atoms with Crippen molar-refractivity contribution in [3.8, 4) is 0 Å². The maximum absolute atomic E-state index is 7.09. The van der Waals surface area contributed by atoms with Crippen LogP contribution in [0.15, 0.2) is 47.6 Å². The van der Waals surface area contributed by atoms with Crippen molar-refractivity contribution in [2.24, 2.45) is 35.0 Å². The van der Waals surface area contributed by atoms with Gasteiger partial charge in [-0.05, 0) is 121 Å². The fourth-order valence-electron chi connectivity index (χ4n) is 7.62. The lowest BCUT2D eigenvalue weighted by Gasteiger charge is -2.45. The minimum absolute atomic E-state index is 0.0393. The van der Waals surface area contributed by atoms with Crippen LogP contribution in [0.1, 0.15) is 121 Å². The molecule has 0 radical (unpaired) electrons. The SMILES string of the molecule is C=C1/C(=C\C=C2/CCC[C@]3(C)[C@@H]([C@H](C)/C=C/[C@H](C)C(C)C)CC[C@@H]23)C[C@@H](O[Si](C)(C)C(C)(C)C)C[C@H]1O[Si](C)(C)C(C)(C)C. The highest BCUT2D eigenvalue weighted by Gasteiger charge is 2.50. The van der Waals surface area contributed by atoms with Crippen LogP contribution in [0.2, 0.25) is 36.3 Å². The molecule has 0 aromatic carbocycles. The molecule has 0 aromatic heterocycles. The molecule has 0 heterocycles. The first-order chi connectivity index (χ1) is 20.0. The van der Waals surface area contributed by atoms with Crippen LogP contribution in [0, 0.1) is 35.0 Å². The van der Waals surface area contributed by atoms with E-state index in [0.29, 0.717) is 29.1 Å². The van der Waals surface area contributed by atoms with E-state index < -0.39 is 16.6 Å².